The van der Waals surface area contributed by atoms with Gasteiger partial charge in [0, 0.05) is 17.0 Å². The number of fused-ring (bicyclic) bond motifs is 1. The minimum atomic E-state index is 0.210. The molecule has 0 fully saturated rings. The van der Waals surface area contributed by atoms with Gasteiger partial charge in [-0.15, -0.1) is 0 Å². The number of aryl methyl sites for hydroxylation is 2. The van der Waals surface area contributed by atoms with Crippen LogP contribution in [0, 0.1) is 0 Å². The first kappa shape index (κ1) is 17.5. The average Bonchev–Trinajstić information content (AvgIpc) is 2.59. The zero-order chi connectivity index (χ0) is 16.9. The minimum absolute atomic E-state index is 0.210. The van der Waals surface area contributed by atoms with Crippen molar-refractivity contribution in [2.75, 3.05) is 13.6 Å². The van der Waals surface area contributed by atoms with Gasteiger partial charge in [0.15, 0.2) is 0 Å². The fraction of sp³-hybridized carbons (Fsp3) is 0.429. The lowest BCUT2D eigenvalue weighted by atomic mass is 9.76. The van der Waals surface area contributed by atoms with E-state index in [9.17, 15) is 0 Å². The van der Waals surface area contributed by atoms with E-state index in [4.69, 9.17) is 17.3 Å². The van der Waals surface area contributed by atoms with Crippen molar-refractivity contribution in [2.24, 2.45) is 5.73 Å². The van der Waals surface area contributed by atoms with Crippen molar-refractivity contribution < 1.29 is 0 Å². The van der Waals surface area contributed by atoms with Crippen molar-refractivity contribution in [3.63, 3.8) is 0 Å². The normalized spacial score (nSPS) is 20.0. The van der Waals surface area contributed by atoms with Gasteiger partial charge in [0.2, 0.25) is 0 Å². The molecule has 0 spiro atoms. The Hall–Kier alpha value is -1.35. The largest absolute Gasteiger partial charge is 0.327 e. The summed E-state index contributed by atoms with van der Waals surface area (Å²) in [5.41, 5.74) is 12.0. The quantitative estimate of drug-likeness (QED) is 0.776. The molecule has 0 saturated heterocycles. The fourth-order valence-electron chi connectivity index (χ4n) is 3.76. The molecule has 0 aliphatic heterocycles. The van der Waals surface area contributed by atoms with Crippen LogP contribution in [-0.4, -0.2) is 19.6 Å². The SMILES string of the molecule is CNCCCc1ccc2c(c1)C(Cc1ccccc1Cl)C(N)CC2. The summed E-state index contributed by atoms with van der Waals surface area (Å²) < 4.78 is 0. The number of rotatable bonds is 6. The van der Waals surface area contributed by atoms with E-state index in [2.05, 4.69) is 35.6 Å². The Bertz CT molecular complexity index is 683. The molecule has 3 heteroatoms. The minimum Gasteiger partial charge on any atom is -0.327 e. The zero-order valence-corrected chi connectivity index (χ0v) is 15.2. The summed E-state index contributed by atoms with van der Waals surface area (Å²) in [5, 5.41) is 4.07. The predicted octanol–water partition coefficient (Wildman–Crippen LogP) is 4.09. The maximum absolute atomic E-state index is 6.51. The molecule has 24 heavy (non-hydrogen) atoms. The zero-order valence-electron chi connectivity index (χ0n) is 14.4. The van der Waals surface area contributed by atoms with E-state index in [1.807, 2.05) is 19.2 Å². The molecule has 2 nitrogen and oxygen atoms in total. The first-order valence-electron chi connectivity index (χ1n) is 8.94. The third-order valence-corrected chi connectivity index (χ3v) is 5.53. The van der Waals surface area contributed by atoms with E-state index in [0.717, 1.165) is 43.7 Å². The molecule has 2 unspecified atom stereocenters. The lowest BCUT2D eigenvalue weighted by Crippen LogP contribution is -2.34. The van der Waals surface area contributed by atoms with Crippen molar-refractivity contribution in [1.82, 2.24) is 5.32 Å². The van der Waals surface area contributed by atoms with Crippen molar-refractivity contribution in [3.8, 4) is 0 Å². The van der Waals surface area contributed by atoms with Crippen LogP contribution in [0.2, 0.25) is 5.02 Å². The van der Waals surface area contributed by atoms with Gasteiger partial charge in [-0.3, -0.25) is 0 Å². The van der Waals surface area contributed by atoms with E-state index >= 15 is 0 Å². The molecule has 1 aliphatic rings. The second kappa shape index (κ2) is 8.15. The van der Waals surface area contributed by atoms with E-state index in [1.54, 1.807) is 0 Å². The molecule has 0 heterocycles. The molecule has 128 valence electrons. The van der Waals surface area contributed by atoms with E-state index in [0.29, 0.717) is 5.92 Å². The van der Waals surface area contributed by atoms with Crippen LogP contribution < -0.4 is 11.1 Å². The third kappa shape index (κ3) is 4.00. The van der Waals surface area contributed by atoms with Crippen molar-refractivity contribution in [1.29, 1.82) is 0 Å². The van der Waals surface area contributed by atoms with Crippen LogP contribution in [0.3, 0.4) is 0 Å². The summed E-state index contributed by atoms with van der Waals surface area (Å²) in [5.74, 6) is 0.359. The number of nitrogens with one attached hydrogen (secondary N) is 1. The topological polar surface area (TPSA) is 38.0 Å². The summed E-state index contributed by atoms with van der Waals surface area (Å²) in [6.45, 7) is 1.06. The van der Waals surface area contributed by atoms with E-state index < -0.39 is 0 Å². The van der Waals surface area contributed by atoms with Gasteiger partial charge in [0.05, 0.1) is 0 Å². The number of halogens is 1. The standard InChI is InChI=1S/C21H27ClN2/c1-24-12-4-5-15-8-9-16-10-11-21(23)19(18(16)13-15)14-17-6-2-3-7-20(17)22/h2-3,6-9,13,19,21,24H,4-5,10-12,14,23H2,1H3. The van der Waals surface area contributed by atoms with E-state index in [-0.39, 0.29) is 6.04 Å². The first-order chi connectivity index (χ1) is 11.7. The highest BCUT2D eigenvalue weighted by Crippen LogP contribution is 2.35. The van der Waals surface area contributed by atoms with Crippen LogP contribution in [-0.2, 0) is 19.3 Å². The summed E-state index contributed by atoms with van der Waals surface area (Å²) in [7, 11) is 2.01. The molecule has 1 aliphatic carbocycles. The Labute approximate surface area is 150 Å². The summed E-state index contributed by atoms with van der Waals surface area (Å²) in [6, 6.07) is 15.4. The second-order valence-corrected chi connectivity index (χ2v) is 7.25. The number of hydrogen-bond acceptors (Lipinski definition) is 2. The molecule has 3 N–H and O–H groups in total. The molecule has 0 saturated carbocycles. The van der Waals surface area contributed by atoms with Gasteiger partial charge in [0.1, 0.15) is 0 Å². The van der Waals surface area contributed by atoms with Crippen molar-refractivity contribution >= 4 is 11.6 Å². The first-order valence-corrected chi connectivity index (χ1v) is 9.32. The van der Waals surface area contributed by atoms with Gasteiger partial charge < -0.3 is 11.1 Å². The molecule has 0 aromatic heterocycles. The highest BCUT2D eigenvalue weighted by molar-refractivity contribution is 6.31. The maximum atomic E-state index is 6.51. The average molecular weight is 343 g/mol. The van der Waals surface area contributed by atoms with Crippen LogP contribution in [0.5, 0.6) is 0 Å². The van der Waals surface area contributed by atoms with Crippen LogP contribution in [0.4, 0.5) is 0 Å². The fourth-order valence-corrected chi connectivity index (χ4v) is 3.97. The monoisotopic (exact) mass is 342 g/mol. The molecule has 0 bridgehead atoms. The van der Waals surface area contributed by atoms with Crippen molar-refractivity contribution in [2.45, 2.75) is 44.1 Å². The number of nitrogens with two attached hydrogens (primary N) is 1. The van der Waals surface area contributed by atoms with Gasteiger partial charge in [-0.1, -0.05) is 48.0 Å². The smallest absolute Gasteiger partial charge is 0.0438 e. The van der Waals surface area contributed by atoms with Gasteiger partial charge in [0.25, 0.3) is 0 Å². The van der Waals surface area contributed by atoms with Crippen LogP contribution in [0.15, 0.2) is 42.5 Å². The Morgan fingerprint density at radius 3 is 2.83 bits per heavy atom. The summed E-state index contributed by atoms with van der Waals surface area (Å²) in [6.07, 6.45) is 5.35. The Morgan fingerprint density at radius 2 is 2.04 bits per heavy atom. The van der Waals surface area contributed by atoms with Crippen LogP contribution in [0.25, 0.3) is 0 Å². The highest BCUT2D eigenvalue weighted by Gasteiger charge is 2.27. The highest BCUT2D eigenvalue weighted by atomic mass is 35.5. The van der Waals surface area contributed by atoms with Crippen LogP contribution in [0.1, 0.15) is 41.0 Å². The Morgan fingerprint density at radius 1 is 1.21 bits per heavy atom. The Kier molecular flexibility index (Phi) is 5.94. The van der Waals surface area contributed by atoms with Crippen LogP contribution >= 0.6 is 11.6 Å². The molecule has 0 radical (unpaired) electrons. The van der Waals surface area contributed by atoms with Crippen molar-refractivity contribution in [3.05, 3.63) is 69.7 Å². The van der Waals surface area contributed by atoms with Gasteiger partial charge in [-0.05, 0) is 74.0 Å². The molecule has 2 aromatic carbocycles. The number of benzene rings is 2. The van der Waals surface area contributed by atoms with Gasteiger partial charge in [-0.25, -0.2) is 0 Å². The van der Waals surface area contributed by atoms with E-state index in [1.165, 1.54) is 22.3 Å². The molecule has 2 atom stereocenters. The Balaban J connectivity index is 1.85. The molecular weight excluding hydrogens is 316 g/mol. The predicted molar refractivity (Wildman–Crippen MR) is 103 cm³/mol. The number of hydrogen-bond donors (Lipinski definition) is 2. The summed E-state index contributed by atoms with van der Waals surface area (Å²) >= 11 is 6.39. The lowest BCUT2D eigenvalue weighted by Gasteiger charge is -2.32. The molecular formula is C21H27ClN2. The van der Waals surface area contributed by atoms with Gasteiger partial charge >= 0.3 is 0 Å². The maximum Gasteiger partial charge on any atom is 0.0438 e. The molecule has 0 amide bonds. The molecule has 3 rings (SSSR count). The molecule has 2 aromatic rings. The second-order valence-electron chi connectivity index (χ2n) is 6.84. The lowest BCUT2D eigenvalue weighted by molar-refractivity contribution is 0.467. The third-order valence-electron chi connectivity index (χ3n) is 5.16. The summed E-state index contributed by atoms with van der Waals surface area (Å²) in [4.78, 5) is 0. The van der Waals surface area contributed by atoms with Gasteiger partial charge in [-0.2, -0.15) is 0 Å².